The van der Waals surface area contributed by atoms with Crippen LogP contribution in [0.25, 0.3) is 0 Å². The lowest BCUT2D eigenvalue weighted by Crippen LogP contribution is -2.40. The summed E-state index contributed by atoms with van der Waals surface area (Å²) in [5, 5.41) is 6.34. The topological polar surface area (TPSA) is 30.5 Å². The van der Waals surface area contributed by atoms with Gasteiger partial charge in [0.1, 0.15) is 6.10 Å². The van der Waals surface area contributed by atoms with Crippen LogP contribution in [0.1, 0.15) is 24.3 Å². The van der Waals surface area contributed by atoms with Crippen molar-refractivity contribution in [1.82, 2.24) is 5.32 Å². The zero-order chi connectivity index (χ0) is 12.1. The van der Waals surface area contributed by atoms with Gasteiger partial charge in [-0.1, -0.05) is 18.5 Å². The molecule has 1 fully saturated rings. The molecule has 3 nitrogen and oxygen atoms in total. The minimum absolute atomic E-state index is 0.0615. The number of rotatable bonds is 5. The molecule has 0 aliphatic carbocycles. The standard InChI is InChI=1S/C12H18ClNO2S/c1-2-4-14-11(10-8-15-5-6-16-10)12-9(13)3-7-17-12/h3,7,10-11,14H,2,4-6,8H2,1H3. The minimum Gasteiger partial charge on any atom is -0.376 e. The number of ether oxygens (including phenoxy) is 2. The Morgan fingerprint density at radius 3 is 3.06 bits per heavy atom. The smallest absolute Gasteiger partial charge is 0.101 e. The first-order chi connectivity index (χ1) is 8.33. The van der Waals surface area contributed by atoms with Crippen LogP contribution in [-0.2, 0) is 9.47 Å². The number of hydrogen-bond donors (Lipinski definition) is 1. The first-order valence-electron chi connectivity index (χ1n) is 5.98. The summed E-state index contributed by atoms with van der Waals surface area (Å²) in [6.45, 7) is 5.10. The molecule has 1 aromatic heterocycles. The van der Waals surface area contributed by atoms with E-state index in [2.05, 4.69) is 12.2 Å². The molecule has 96 valence electrons. The van der Waals surface area contributed by atoms with Gasteiger partial charge in [-0.15, -0.1) is 11.3 Å². The Labute approximate surface area is 111 Å². The largest absolute Gasteiger partial charge is 0.376 e. The van der Waals surface area contributed by atoms with Crippen molar-refractivity contribution in [1.29, 1.82) is 0 Å². The monoisotopic (exact) mass is 275 g/mol. The minimum atomic E-state index is 0.0615. The van der Waals surface area contributed by atoms with E-state index in [1.54, 1.807) is 11.3 Å². The lowest BCUT2D eigenvalue weighted by molar-refractivity contribution is -0.102. The third kappa shape index (κ3) is 3.42. The van der Waals surface area contributed by atoms with Crippen molar-refractivity contribution in [3.8, 4) is 0 Å². The quantitative estimate of drug-likeness (QED) is 0.896. The molecular weight excluding hydrogens is 258 g/mol. The Morgan fingerprint density at radius 1 is 1.59 bits per heavy atom. The maximum atomic E-state index is 6.21. The summed E-state index contributed by atoms with van der Waals surface area (Å²) in [6.07, 6.45) is 1.15. The van der Waals surface area contributed by atoms with Gasteiger partial charge in [0.05, 0.1) is 30.9 Å². The summed E-state index contributed by atoms with van der Waals surface area (Å²) >= 11 is 7.88. The van der Waals surface area contributed by atoms with Crippen molar-refractivity contribution < 1.29 is 9.47 Å². The molecule has 1 N–H and O–H groups in total. The molecule has 17 heavy (non-hydrogen) atoms. The molecule has 0 amide bonds. The Balaban J connectivity index is 2.09. The van der Waals surface area contributed by atoms with Crippen LogP contribution in [0.3, 0.4) is 0 Å². The highest BCUT2D eigenvalue weighted by Crippen LogP contribution is 2.32. The first-order valence-corrected chi connectivity index (χ1v) is 7.24. The van der Waals surface area contributed by atoms with Gasteiger partial charge in [0.2, 0.25) is 0 Å². The van der Waals surface area contributed by atoms with Crippen LogP contribution in [0.4, 0.5) is 0 Å². The van der Waals surface area contributed by atoms with Gasteiger partial charge in [0.25, 0.3) is 0 Å². The van der Waals surface area contributed by atoms with E-state index in [-0.39, 0.29) is 12.1 Å². The summed E-state index contributed by atoms with van der Waals surface area (Å²) in [5.41, 5.74) is 0. The normalized spacial score (nSPS) is 22.6. The van der Waals surface area contributed by atoms with Crippen LogP contribution in [0.2, 0.25) is 5.02 Å². The van der Waals surface area contributed by atoms with Crippen LogP contribution < -0.4 is 5.32 Å². The average molecular weight is 276 g/mol. The molecule has 0 aromatic carbocycles. The molecule has 0 spiro atoms. The van der Waals surface area contributed by atoms with Crippen molar-refractivity contribution in [3.05, 3.63) is 21.3 Å². The third-order valence-electron chi connectivity index (χ3n) is 2.75. The van der Waals surface area contributed by atoms with Gasteiger partial charge in [-0.25, -0.2) is 0 Å². The molecule has 1 aromatic rings. The molecule has 1 aliphatic rings. The lowest BCUT2D eigenvalue weighted by Gasteiger charge is -2.30. The molecule has 0 radical (unpaired) electrons. The van der Waals surface area contributed by atoms with Crippen LogP contribution in [0.15, 0.2) is 11.4 Å². The zero-order valence-electron chi connectivity index (χ0n) is 9.95. The fourth-order valence-electron chi connectivity index (χ4n) is 1.92. The van der Waals surface area contributed by atoms with E-state index in [1.807, 2.05) is 11.4 Å². The Hall–Kier alpha value is -0.130. The van der Waals surface area contributed by atoms with Crippen molar-refractivity contribution >= 4 is 22.9 Å². The van der Waals surface area contributed by atoms with E-state index in [0.717, 1.165) is 22.9 Å². The molecular formula is C12H18ClNO2S. The van der Waals surface area contributed by atoms with Gasteiger partial charge in [0.15, 0.2) is 0 Å². The Kier molecular flexibility index (Phi) is 5.25. The second kappa shape index (κ2) is 6.71. The summed E-state index contributed by atoms with van der Waals surface area (Å²) in [4.78, 5) is 1.15. The first kappa shape index (κ1) is 13.3. The van der Waals surface area contributed by atoms with Gasteiger partial charge in [-0.3, -0.25) is 0 Å². The lowest BCUT2D eigenvalue weighted by atomic mass is 10.1. The summed E-state index contributed by atoms with van der Waals surface area (Å²) in [6, 6.07) is 2.08. The number of halogens is 1. The summed E-state index contributed by atoms with van der Waals surface area (Å²) < 4.78 is 11.3. The van der Waals surface area contributed by atoms with E-state index < -0.39 is 0 Å². The van der Waals surface area contributed by atoms with Gasteiger partial charge < -0.3 is 14.8 Å². The summed E-state index contributed by atoms with van der Waals surface area (Å²) in [7, 11) is 0. The second-order valence-electron chi connectivity index (χ2n) is 4.05. The SMILES string of the molecule is CCCNC(c1sccc1Cl)C1COCCO1. The van der Waals surface area contributed by atoms with Crippen molar-refractivity contribution in [2.75, 3.05) is 26.4 Å². The van der Waals surface area contributed by atoms with E-state index in [9.17, 15) is 0 Å². The number of hydrogen-bond acceptors (Lipinski definition) is 4. The van der Waals surface area contributed by atoms with Crippen LogP contribution in [0, 0.1) is 0 Å². The summed E-state index contributed by atoms with van der Waals surface area (Å²) in [5.74, 6) is 0. The van der Waals surface area contributed by atoms with E-state index >= 15 is 0 Å². The van der Waals surface area contributed by atoms with Crippen molar-refractivity contribution in [3.63, 3.8) is 0 Å². The van der Waals surface area contributed by atoms with Gasteiger partial charge in [-0.2, -0.15) is 0 Å². The Bertz CT molecular complexity index is 339. The van der Waals surface area contributed by atoms with E-state index in [0.29, 0.717) is 19.8 Å². The highest BCUT2D eigenvalue weighted by molar-refractivity contribution is 7.10. The predicted molar refractivity (Wildman–Crippen MR) is 70.9 cm³/mol. The predicted octanol–water partition coefficient (Wildman–Crippen LogP) is 2.86. The fourth-order valence-corrected chi connectivity index (χ4v) is 3.22. The highest BCUT2D eigenvalue weighted by Gasteiger charge is 2.28. The van der Waals surface area contributed by atoms with Crippen molar-refractivity contribution in [2.24, 2.45) is 0 Å². The van der Waals surface area contributed by atoms with E-state index in [4.69, 9.17) is 21.1 Å². The molecule has 2 heterocycles. The maximum absolute atomic E-state index is 6.21. The molecule has 2 rings (SSSR count). The second-order valence-corrected chi connectivity index (χ2v) is 5.40. The van der Waals surface area contributed by atoms with Gasteiger partial charge >= 0.3 is 0 Å². The van der Waals surface area contributed by atoms with Crippen LogP contribution in [0.5, 0.6) is 0 Å². The van der Waals surface area contributed by atoms with Gasteiger partial charge in [-0.05, 0) is 24.4 Å². The fraction of sp³-hybridized carbons (Fsp3) is 0.667. The number of nitrogens with one attached hydrogen (secondary N) is 1. The van der Waals surface area contributed by atoms with Gasteiger partial charge in [0, 0.05) is 4.88 Å². The Morgan fingerprint density at radius 2 is 2.47 bits per heavy atom. The van der Waals surface area contributed by atoms with Crippen molar-refractivity contribution in [2.45, 2.75) is 25.5 Å². The molecule has 1 saturated heterocycles. The molecule has 2 unspecified atom stereocenters. The van der Waals surface area contributed by atoms with Crippen LogP contribution >= 0.6 is 22.9 Å². The highest BCUT2D eigenvalue weighted by atomic mass is 35.5. The molecule has 2 atom stereocenters. The van der Waals surface area contributed by atoms with E-state index in [1.165, 1.54) is 0 Å². The molecule has 0 bridgehead atoms. The average Bonchev–Trinajstić information content (AvgIpc) is 2.78. The zero-order valence-corrected chi connectivity index (χ0v) is 11.5. The molecule has 0 saturated carbocycles. The van der Waals surface area contributed by atoms with Crippen LogP contribution in [-0.4, -0.2) is 32.5 Å². The maximum Gasteiger partial charge on any atom is 0.101 e. The third-order valence-corrected chi connectivity index (χ3v) is 4.20. The molecule has 1 aliphatic heterocycles. The molecule has 5 heteroatoms. The number of thiophene rings is 1.